The maximum atomic E-state index is 14.1. The third-order valence-electron chi connectivity index (χ3n) is 16.0. The number of hydrogen-bond donors (Lipinski definition) is 2. The minimum atomic E-state index is -0.980. The van der Waals surface area contributed by atoms with Crippen LogP contribution in [0.1, 0.15) is 103 Å². The molecule has 1 aromatic heterocycles. The highest BCUT2D eigenvalue weighted by molar-refractivity contribution is 6.23. The second-order valence-corrected chi connectivity index (χ2v) is 20.4. The minimum Gasteiger partial charge on any atom is -0.490 e. The number of carbonyl (C=O) groups excluding carboxylic acids is 6. The van der Waals surface area contributed by atoms with E-state index in [4.69, 9.17) is 4.74 Å². The normalized spacial score (nSPS) is 23.6. The number of imide groups is 2. The molecule has 4 saturated heterocycles. The summed E-state index contributed by atoms with van der Waals surface area (Å²) in [4.78, 5) is 92.0. The molecule has 368 valence electrons. The third-order valence-corrected chi connectivity index (χ3v) is 16.0. The van der Waals surface area contributed by atoms with Gasteiger partial charge in [-0.05, 0) is 136 Å². The molecular weight excluding hydrogens is 892 g/mol. The van der Waals surface area contributed by atoms with Crippen molar-refractivity contribution < 1.29 is 37.9 Å². The molecule has 2 N–H and O–H groups in total. The number of nitrogens with zero attached hydrogens (tertiary/aromatic N) is 6. The minimum absolute atomic E-state index is 0.00179. The van der Waals surface area contributed by atoms with Crippen molar-refractivity contribution in [1.29, 1.82) is 0 Å². The standard InChI is InChI=1S/C54H63FN8O7/c1-34(36-5-7-37(8-6-36)43-15-20-56-47-12-9-38(55)29-45(43)47)51(66)57-39-3-2-4-42(30-39)70-41-18-23-62(24-19-41)50(65)33-59-21-16-35(17-22-59)32-60-25-27-61(28-26-60)40-10-11-44-46(31-40)54(69)63(53(44)68)48-13-14-49(64)58-52(48)67/h2-4,9-12,15,20,29-31,34-37,41,48H,5-8,13-14,16-19,21-28,32-33H2,1H3,(H,57,66)(H,58,64,67). The number of likely N-dealkylation sites (tertiary alicyclic amines) is 2. The van der Waals surface area contributed by atoms with E-state index in [-0.39, 0.29) is 54.0 Å². The number of pyridine rings is 1. The van der Waals surface area contributed by atoms with Gasteiger partial charge in [-0.25, -0.2) is 4.39 Å². The number of nitrogens with one attached hydrogen (secondary N) is 2. The van der Waals surface area contributed by atoms with Gasteiger partial charge >= 0.3 is 0 Å². The van der Waals surface area contributed by atoms with Crippen LogP contribution in [0.2, 0.25) is 0 Å². The van der Waals surface area contributed by atoms with Gasteiger partial charge in [0.2, 0.25) is 23.6 Å². The van der Waals surface area contributed by atoms with Crippen LogP contribution in [0.25, 0.3) is 10.9 Å². The average molecular weight is 955 g/mol. The predicted molar refractivity (Wildman–Crippen MR) is 262 cm³/mol. The number of ether oxygens (including phenoxy) is 1. The van der Waals surface area contributed by atoms with Gasteiger partial charge in [-0.15, -0.1) is 0 Å². The second-order valence-electron chi connectivity index (χ2n) is 20.4. The number of halogens is 1. The summed E-state index contributed by atoms with van der Waals surface area (Å²) in [6, 6.07) is 18.7. The molecule has 2 unspecified atom stereocenters. The van der Waals surface area contributed by atoms with Gasteiger partial charge in [0.25, 0.3) is 11.8 Å². The summed E-state index contributed by atoms with van der Waals surface area (Å²) in [6.07, 6.45) is 9.34. The van der Waals surface area contributed by atoms with E-state index < -0.39 is 29.7 Å². The zero-order valence-corrected chi connectivity index (χ0v) is 40.0. The van der Waals surface area contributed by atoms with E-state index in [1.807, 2.05) is 54.4 Å². The van der Waals surface area contributed by atoms with Crippen LogP contribution in [0.15, 0.2) is 72.9 Å². The highest BCUT2D eigenvalue weighted by Crippen LogP contribution is 2.41. The van der Waals surface area contributed by atoms with Gasteiger partial charge in [-0.2, -0.15) is 0 Å². The number of piperidine rings is 3. The lowest BCUT2D eigenvalue weighted by molar-refractivity contribution is -0.136. The molecule has 3 aromatic carbocycles. The van der Waals surface area contributed by atoms with Gasteiger partial charge in [-0.3, -0.25) is 53.8 Å². The monoisotopic (exact) mass is 954 g/mol. The maximum Gasteiger partial charge on any atom is 0.262 e. The first kappa shape index (κ1) is 47.4. The fraction of sp³-hybridized carbons (Fsp3) is 0.500. The zero-order valence-electron chi connectivity index (χ0n) is 40.0. The molecule has 6 aliphatic rings. The smallest absolute Gasteiger partial charge is 0.262 e. The van der Waals surface area contributed by atoms with Crippen molar-refractivity contribution >= 4 is 57.7 Å². The zero-order chi connectivity index (χ0) is 48.5. The number of anilines is 2. The van der Waals surface area contributed by atoms with E-state index in [0.29, 0.717) is 48.5 Å². The van der Waals surface area contributed by atoms with Crippen LogP contribution in [0, 0.1) is 23.6 Å². The Kier molecular flexibility index (Phi) is 14.0. The predicted octanol–water partition coefficient (Wildman–Crippen LogP) is 6.23. The van der Waals surface area contributed by atoms with Crippen molar-refractivity contribution in [3.8, 4) is 5.75 Å². The first-order valence-corrected chi connectivity index (χ1v) is 25.4. The van der Waals surface area contributed by atoms with Crippen molar-refractivity contribution in [2.75, 3.05) is 75.7 Å². The first-order chi connectivity index (χ1) is 33.9. The Morgan fingerprint density at radius 3 is 2.30 bits per heavy atom. The molecule has 0 radical (unpaired) electrons. The number of benzene rings is 3. The summed E-state index contributed by atoms with van der Waals surface area (Å²) < 4.78 is 20.5. The van der Waals surface area contributed by atoms with Crippen LogP contribution in [-0.4, -0.2) is 138 Å². The Morgan fingerprint density at radius 2 is 1.54 bits per heavy atom. The van der Waals surface area contributed by atoms with Gasteiger partial charge < -0.3 is 19.9 Å². The SMILES string of the molecule is CC(C(=O)Nc1cccc(OC2CCN(C(=O)CN3CCC(CN4CCN(c5ccc6c(c5)C(=O)N(C5CCC(=O)NC5=O)C6=O)CC4)CC3)CC2)c1)C1CCC(c2ccnc3ccc(F)cc23)CC1. The molecule has 5 fully saturated rings. The van der Waals surface area contributed by atoms with E-state index in [0.717, 1.165) is 124 Å². The average Bonchev–Trinajstić information content (AvgIpc) is 3.62. The lowest BCUT2D eigenvalue weighted by atomic mass is 9.73. The molecule has 2 atom stereocenters. The Morgan fingerprint density at radius 1 is 0.786 bits per heavy atom. The molecule has 4 aromatic rings. The van der Waals surface area contributed by atoms with E-state index >= 15 is 0 Å². The quantitative estimate of drug-likeness (QED) is 0.155. The number of piperazine rings is 1. The molecule has 1 aliphatic carbocycles. The Balaban J connectivity index is 0.614. The van der Waals surface area contributed by atoms with Crippen molar-refractivity contribution in [1.82, 2.24) is 29.9 Å². The fourth-order valence-corrected chi connectivity index (χ4v) is 11.8. The summed E-state index contributed by atoms with van der Waals surface area (Å²) in [7, 11) is 0. The number of amides is 6. The second kappa shape index (κ2) is 20.6. The summed E-state index contributed by atoms with van der Waals surface area (Å²) in [5, 5.41) is 6.26. The van der Waals surface area contributed by atoms with E-state index in [1.54, 1.807) is 24.3 Å². The summed E-state index contributed by atoms with van der Waals surface area (Å²) in [6.45, 7) is 9.89. The molecule has 6 amide bonds. The molecule has 5 aliphatic heterocycles. The maximum absolute atomic E-state index is 14.1. The van der Waals surface area contributed by atoms with Gasteiger partial charge in [-0.1, -0.05) is 13.0 Å². The van der Waals surface area contributed by atoms with Crippen molar-refractivity contribution in [3.63, 3.8) is 0 Å². The van der Waals surface area contributed by atoms with Crippen LogP contribution in [0.3, 0.4) is 0 Å². The van der Waals surface area contributed by atoms with Gasteiger partial charge in [0, 0.05) is 100 Å². The molecular formula is C54H63FN8O7. The summed E-state index contributed by atoms with van der Waals surface area (Å²) in [5.74, 6) is -0.377. The van der Waals surface area contributed by atoms with Crippen LogP contribution in [0.5, 0.6) is 5.75 Å². The number of carbonyl (C=O) groups is 6. The number of fused-ring (bicyclic) bond motifs is 2. The number of hydrogen-bond acceptors (Lipinski definition) is 11. The molecule has 16 heteroatoms. The molecule has 10 rings (SSSR count). The lowest BCUT2D eigenvalue weighted by Gasteiger charge is -2.40. The first-order valence-electron chi connectivity index (χ1n) is 25.4. The largest absolute Gasteiger partial charge is 0.490 e. The van der Waals surface area contributed by atoms with Crippen LogP contribution >= 0.6 is 0 Å². The van der Waals surface area contributed by atoms with Gasteiger partial charge in [0.05, 0.1) is 23.2 Å². The molecule has 15 nitrogen and oxygen atoms in total. The Labute approximate surface area is 408 Å². The van der Waals surface area contributed by atoms with Gasteiger partial charge in [0.15, 0.2) is 0 Å². The molecule has 0 bridgehead atoms. The Bertz CT molecular complexity index is 2650. The topological polar surface area (TPSA) is 165 Å². The molecule has 70 heavy (non-hydrogen) atoms. The highest BCUT2D eigenvalue weighted by atomic mass is 19.1. The van der Waals surface area contributed by atoms with Crippen LogP contribution < -0.4 is 20.3 Å². The van der Waals surface area contributed by atoms with E-state index in [1.165, 1.54) is 6.07 Å². The third kappa shape index (κ3) is 10.3. The molecule has 6 heterocycles. The van der Waals surface area contributed by atoms with Crippen LogP contribution in [-0.2, 0) is 19.2 Å². The summed E-state index contributed by atoms with van der Waals surface area (Å²) >= 11 is 0. The number of aromatic nitrogens is 1. The van der Waals surface area contributed by atoms with Gasteiger partial charge in [0.1, 0.15) is 23.7 Å². The van der Waals surface area contributed by atoms with Crippen molar-refractivity contribution in [3.05, 3.63) is 95.4 Å². The van der Waals surface area contributed by atoms with Crippen molar-refractivity contribution in [2.24, 2.45) is 17.8 Å². The Hall–Kier alpha value is -6.26. The number of rotatable bonds is 12. The van der Waals surface area contributed by atoms with E-state index in [9.17, 15) is 33.2 Å². The van der Waals surface area contributed by atoms with Crippen molar-refractivity contribution in [2.45, 2.75) is 89.2 Å². The molecule has 0 spiro atoms. The summed E-state index contributed by atoms with van der Waals surface area (Å²) in [5.41, 5.74) is 4.13. The lowest BCUT2D eigenvalue weighted by Crippen LogP contribution is -2.54. The van der Waals surface area contributed by atoms with Crippen LogP contribution in [0.4, 0.5) is 15.8 Å². The highest BCUT2D eigenvalue weighted by Gasteiger charge is 2.45. The van der Waals surface area contributed by atoms with E-state index in [2.05, 4.69) is 30.3 Å². The fourth-order valence-electron chi connectivity index (χ4n) is 11.8. The molecule has 1 saturated carbocycles.